The van der Waals surface area contributed by atoms with Crippen LogP contribution in [0, 0.1) is 11.3 Å². The molecule has 3 rings (SSSR count). The first-order valence-corrected chi connectivity index (χ1v) is 8.96. The quantitative estimate of drug-likeness (QED) is 0.564. The number of hydrogen-bond donors (Lipinski definition) is 1. The number of carbonyl (C=O) groups excluding carboxylic acids is 1. The van der Waals surface area contributed by atoms with Crippen LogP contribution in [0.15, 0.2) is 54.2 Å². The Balaban J connectivity index is 1.75. The highest BCUT2D eigenvalue weighted by atomic mass is 32.1. The second-order valence-electron chi connectivity index (χ2n) is 6.13. The van der Waals surface area contributed by atoms with Crippen LogP contribution in [-0.2, 0) is 4.79 Å². The van der Waals surface area contributed by atoms with Gasteiger partial charge < -0.3 is 14.8 Å². The van der Waals surface area contributed by atoms with Crippen molar-refractivity contribution in [1.82, 2.24) is 5.32 Å². The Morgan fingerprint density at radius 2 is 1.73 bits per heavy atom. The summed E-state index contributed by atoms with van der Waals surface area (Å²) in [7, 11) is 0. The summed E-state index contributed by atoms with van der Waals surface area (Å²) >= 11 is 5.19. The van der Waals surface area contributed by atoms with Gasteiger partial charge in [0, 0.05) is 0 Å². The van der Waals surface area contributed by atoms with Gasteiger partial charge in [-0.25, -0.2) is 0 Å². The molecule has 1 aliphatic heterocycles. The molecule has 1 saturated heterocycles. The van der Waals surface area contributed by atoms with Crippen molar-refractivity contribution < 1.29 is 27.4 Å². The molecule has 10 heteroatoms. The molecular weight excluding hydrogens is 419 g/mol. The molecule has 1 fully saturated rings. The molecule has 1 atom stereocenters. The summed E-state index contributed by atoms with van der Waals surface area (Å²) in [5.74, 6) is -0.348. The predicted molar refractivity (Wildman–Crippen MR) is 106 cm³/mol. The molecule has 30 heavy (non-hydrogen) atoms. The number of ether oxygens (including phenoxy) is 2. The van der Waals surface area contributed by atoms with Gasteiger partial charge in [-0.1, -0.05) is 12.1 Å². The van der Waals surface area contributed by atoms with E-state index in [1.807, 2.05) is 6.07 Å². The maximum Gasteiger partial charge on any atom is 0.573 e. The van der Waals surface area contributed by atoms with E-state index in [0.29, 0.717) is 17.0 Å². The standard InChI is InChI=1S/C20H14F3N3O3S/c1-12(11-24)28-15-6-2-13(3-7-15)10-17-18(27)26(19(30)25-17)14-4-8-16(9-5-14)29-20(21,22)23/h2-10,12H,1H3,(H,25,30)/b17-10-. The van der Waals surface area contributed by atoms with E-state index in [0.717, 1.165) is 12.1 Å². The van der Waals surface area contributed by atoms with E-state index in [4.69, 9.17) is 22.2 Å². The van der Waals surface area contributed by atoms with Crippen molar-refractivity contribution in [1.29, 1.82) is 5.26 Å². The second kappa shape index (κ2) is 8.42. The van der Waals surface area contributed by atoms with Crippen LogP contribution in [0.5, 0.6) is 11.5 Å². The summed E-state index contributed by atoms with van der Waals surface area (Å²) in [6.07, 6.45) is -3.82. The fraction of sp³-hybridized carbons (Fsp3) is 0.150. The molecule has 154 valence electrons. The highest BCUT2D eigenvalue weighted by molar-refractivity contribution is 7.80. The smallest absolute Gasteiger partial charge is 0.476 e. The number of halogens is 3. The lowest BCUT2D eigenvalue weighted by Gasteiger charge is -2.15. The number of nitriles is 1. The van der Waals surface area contributed by atoms with Crippen molar-refractivity contribution in [3.63, 3.8) is 0 Å². The zero-order chi connectivity index (χ0) is 21.9. The lowest BCUT2D eigenvalue weighted by molar-refractivity contribution is -0.274. The summed E-state index contributed by atoms with van der Waals surface area (Å²) in [6.45, 7) is 1.62. The van der Waals surface area contributed by atoms with E-state index in [-0.39, 0.29) is 10.8 Å². The summed E-state index contributed by atoms with van der Waals surface area (Å²) in [5, 5.41) is 11.7. The van der Waals surface area contributed by atoms with Crippen LogP contribution in [0.1, 0.15) is 12.5 Å². The monoisotopic (exact) mass is 433 g/mol. The van der Waals surface area contributed by atoms with Gasteiger partial charge >= 0.3 is 6.36 Å². The number of rotatable bonds is 5. The highest BCUT2D eigenvalue weighted by Gasteiger charge is 2.33. The fourth-order valence-corrected chi connectivity index (χ4v) is 2.90. The van der Waals surface area contributed by atoms with E-state index in [2.05, 4.69) is 10.1 Å². The van der Waals surface area contributed by atoms with Gasteiger partial charge in [0.1, 0.15) is 23.3 Å². The molecule has 0 saturated carbocycles. The van der Waals surface area contributed by atoms with Crippen LogP contribution in [-0.4, -0.2) is 23.5 Å². The molecule has 2 aromatic carbocycles. The van der Waals surface area contributed by atoms with E-state index in [1.54, 1.807) is 37.3 Å². The van der Waals surface area contributed by atoms with Crippen LogP contribution in [0.3, 0.4) is 0 Å². The van der Waals surface area contributed by atoms with Gasteiger partial charge in [-0.15, -0.1) is 13.2 Å². The van der Waals surface area contributed by atoms with E-state index in [1.165, 1.54) is 17.0 Å². The summed E-state index contributed by atoms with van der Waals surface area (Å²) in [6, 6.07) is 13.5. The first kappa shape index (κ1) is 21.1. The average molecular weight is 433 g/mol. The van der Waals surface area contributed by atoms with Gasteiger partial charge in [0.05, 0.1) is 5.69 Å². The number of benzene rings is 2. The minimum Gasteiger partial charge on any atom is -0.476 e. The van der Waals surface area contributed by atoms with Gasteiger partial charge in [-0.05, 0) is 67.2 Å². The Labute approximate surface area is 175 Å². The molecule has 0 bridgehead atoms. The average Bonchev–Trinajstić information content (AvgIpc) is 2.96. The Morgan fingerprint density at radius 3 is 2.30 bits per heavy atom. The van der Waals surface area contributed by atoms with Gasteiger partial charge in [-0.3, -0.25) is 9.69 Å². The SMILES string of the molecule is CC(C#N)Oc1ccc(/C=C2\NC(=S)N(c3ccc(OC(F)(F)F)cc3)C2=O)cc1. The van der Waals surface area contributed by atoms with Gasteiger partial charge in [0.15, 0.2) is 11.2 Å². The van der Waals surface area contributed by atoms with Crippen molar-refractivity contribution in [2.75, 3.05) is 4.90 Å². The minimum atomic E-state index is -4.80. The molecular formula is C20H14F3N3O3S. The molecule has 0 radical (unpaired) electrons. The molecule has 2 aromatic rings. The van der Waals surface area contributed by atoms with E-state index >= 15 is 0 Å². The molecule has 1 amide bonds. The number of anilines is 1. The normalized spacial score (nSPS) is 16.2. The number of nitrogens with one attached hydrogen (secondary N) is 1. The lowest BCUT2D eigenvalue weighted by atomic mass is 10.2. The van der Waals surface area contributed by atoms with Crippen molar-refractivity contribution in [3.05, 3.63) is 59.8 Å². The molecule has 1 aliphatic rings. The number of amides is 1. The maximum absolute atomic E-state index is 12.7. The zero-order valence-electron chi connectivity index (χ0n) is 15.4. The Bertz CT molecular complexity index is 1030. The first-order chi connectivity index (χ1) is 14.2. The Morgan fingerprint density at radius 1 is 1.13 bits per heavy atom. The van der Waals surface area contributed by atoms with Crippen molar-refractivity contribution in [2.24, 2.45) is 0 Å². The zero-order valence-corrected chi connectivity index (χ0v) is 16.3. The number of thiocarbonyl (C=S) groups is 1. The van der Waals surface area contributed by atoms with Crippen LogP contribution in [0.4, 0.5) is 18.9 Å². The summed E-state index contributed by atoms with van der Waals surface area (Å²) in [5.41, 5.74) is 1.18. The fourth-order valence-electron chi connectivity index (χ4n) is 2.61. The Hall–Kier alpha value is -3.58. The van der Waals surface area contributed by atoms with Gasteiger partial charge in [0.2, 0.25) is 0 Å². The predicted octanol–water partition coefficient (Wildman–Crippen LogP) is 4.14. The Kier molecular flexibility index (Phi) is 5.94. The second-order valence-corrected chi connectivity index (χ2v) is 6.52. The largest absolute Gasteiger partial charge is 0.573 e. The molecule has 6 nitrogen and oxygen atoms in total. The third-order valence-electron chi connectivity index (χ3n) is 3.89. The van der Waals surface area contributed by atoms with Crippen molar-refractivity contribution >= 4 is 35.0 Å². The number of hydrogen-bond acceptors (Lipinski definition) is 5. The van der Waals surface area contributed by atoms with Crippen LogP contribution >= 0.6 is 12.2 Å². The van der Waals surface area contributed by atoms with E-state index < -0.39 is 24.1 Å². The minimum absolute atomic E-state index is 0.0959. The third-order valence-corrected chi connectivity index (χ3v) is 4.18. The number of nitrogens with zero attached hydrogens (tertiary/aromatic N) is 2. The molecule has 0 spiro atoms. The van der Waals surface area contributed by atoms with Gasteiger partial charge in [-0.2, -0.15) is 5.26 Å². The number of carbonyl (C=O) groups is 1. The van der Waals surface area contributed by atoms with E-state index in [9.17, 15) is 18.0 Å². The molecule has 0 aromatic heterocycles. The third kappa shape index (κ3) is 5.07. The first-order valence-electron chi connectivity index (χ1n) is 8.55. The molecule has 1 heterocycles. The lowest BCUT2D eigenvalue weighted by Crippen LogP contribution is -2.30. The molecule has 1 N–H and O–H groups in total. The van der Waals surface area contributed by atoms with Crippen LogP contribution < -0.4 is 19.7 Å². The van der Waals surface area contributed by atoms with Crippen LogP contribution in [0.2, 0.25) is 0 Å². The van der Waals surface area contributed by atoms with Crippen LogP contribution in [0.25, 0.3) is 6.08 Å². The number of alkyl halides is 3. The summed E-state index contributed by atoms with van der Waals surface area (Å²) < 4.78 is 46.0. The van der Waals surface area contributed by atoms with Gasteiger partial charge in [0.25, 0.3) is 5.91 Å². The summed E-state index contributed by atoms with van der Waals surface area (Å²) in [4.78, 5) is 13.9. The topological polar surface area (TPSA) is 74.6 Å². The molecule has 0 aliphatic carbocycles. The van der Waals surface area contributed by atoms with Crippen molar-refractivity contribution in [3.8, 4) is 17.6 Å². The maximum atomic E-state index is 12.7. The molecule has 1 unspecified atom stereocenters. The highest BCUT2D eigenvalue weighted by Crippen LogP contribution is 2.28. The van der Waals surface area contributed by atoms with Crippen molar-refractivity contribution in [2.45, 2.75) is 19.4 Å².